The van der Waals surface area contributed by atoms with E-state index in [1.807, 2.05) is 25.1 Å². The number of carbonyl (C=O) groups is 1. The normalized spacial score (nSPS) is 15.4. The quantitative estimate of drug-likeness (QED) is 0.828. The summed E-state index contributed by atoms with van der Waals surface area (Å²) in [5.74, 6) is 0.0208. The molecule has 16 heavy (non-hydrogen) atoms. The molecule has 1 aromatic carbocycles. The largest absolute Gasteiger partial charge is 0.349 e. The molecule has 1 amide bonds. The molecule has 1 aromatic rings. The number of halogens is 1. The Morgan fingerprint density at radius 2 is 2.06 bits per heavy atom. The molecule has 1 aliphatic carbocycles. The Bertz CT molecular complexity index is 432. The van der Waals surface area contributed by atoms with E-state index in [1.54, 1.807) is 0 Å². The first-order valence-electron chi connectivity index (χ1n) is 5.39. The number of benzene rings is 1. The first-order valence-corrected chi connectivity index (χ1v) is 6.19. The lowest BCUT2D eigenvalue weighted by molar-refractivity contribution is 0.0938. The number of nitrogens with one attached hydrogen (secondary N) is 1. The monoisotopic (exact) mass is 279 g/mol. The minimum atomic E-state index is 0.0208. The molecule has 0 spiro atoms. The Balaban J connectivity index is 2.11. The second kappa shape index (κ2) is 4.83. The summed E-state index contributed by atoms with van der Waals surface area (Å²) in [6.45, 7) is 1.95. The number of hydrogen-bond donors (Lipinski definition) is 1. The van der Waals surface area contributed by atoms with Gasteiger partial charge in [-0.25, -0.2) is 0 Å². The molecular formula is C13H14BrNO. The summed E-state index contributed by atoms with van der Waals surface area (Å²) >= 11 is 3.43. The molecular weight excluding hydrogens is 266 g/mol. The molecule has 0 heterocycles. The maximum atomic E-state index is 12.0. The van der Waals surface area contributed by atoms with E-state index >= 15 is 0 Å². The molecule has 2 rings (SSSR count). The average molecular weight is 280 g/mol. The van der Waals surface area contributed by atoms with Crippen LogP contribution in [0, 0.1) is 6.92 Å². The first kappa shape index (κ1) is 11.4. The van der Waals surface area contributed by atoms with Crippen LogP contribution in [-0.4, -0.2) is 11.9 Å². The fraction of sp³-hybridized carbons (Fsp3) is 0.308. The molecule has 0 fully saturated rings. The minimum Gasteiger partial charge on any atom is -0.349 e. The highest BCUT2D eigenvalue weighted by Crippen LogP contribution is 2.20. The van der Waals surface area contributed by atoms with Gasteiger partial charge in [-0.2, -0.15) is 0 Å². The van der Waals surface area contributed by atoms with Crippen LogP contribution < -0.4 is 5.32 Å². The topological polar surface area (TPSA) is 29.1 Å². The molecule has 0 atom stereocenters. The molecule has 84 valence electrons. The number of hydrogen-bond acceptors (Lipinski definition) is 1. The van der Waals surface area contributed by atoms with Gasteiger partial charge >= 0.3 is 0 Å². The molecule has 2 nitrogen and oxygen atoms in total. The maximum absolute atomic E-state index is 12.0. The lowest BCUT2D eigenvalue weighted by Gasteiger charge is -2.13. The van der Waals surface area contributed by atoms with Crippen LogP contribution in [0.25, 0.3) is 0 Å². The van der Waals surface area contributed by atoms with E-state index in [0.717, 1.165) is 28.4 Å². The maximum Gasteiger partial charge on any atom is 0.251 e. The Labute approximate surface area is 104 Å². The predicted molar refractivity (Wildman–Crippen MR) is 68.5 cm³/mol. The summed E-state index contributed by atoms with van der Waals surface area (Å²) in [6.07, 6.45) is 6.11. The van der Waals surface area contributed by atoms with Gasteiger partial charge in [0.2, 0.25) is 0 Å². The number of rotatable bonds is 2. The summed E-state index contributed by atoms with van der Waals surface area (Å²) in [6, 6.07) is 5.96. The van der Waals surface area contributed by atoms with Gasteiger partial charge in [-0.1, -0.05) is 34.1 Å². The van der Waals surface area contributed by atoms with Crippen molar-refractivity contribution in [3.8, 4) is 0 Å². The van der Waals surface area contributed by atoms with Gasteiger partial charge in [0, 0.05) is 16.1 Å². The van der Waals surface area contributed by atoms with Gasteiger partial charge < -0.3 is 5.32 Å². The first-order chi connectivity index (χ1) is 7.68. The van der Waals surface area contributed by atoms with Gasteiger partial charge in [0.1, 0.15) is 0 Å². The molecule has 0 bridgehead atoms. The van der Waals surface area contributed by atoms with Crippen LogP contribution in [-0.2, 0) is 0 Å². The van der Waals surface area contributed by atoms with Crippen molar-refractivity contribution in [1.82, 2.24) is 5.32 Å². The van der Waals surface area contributed by atoms with E-state index in [4.69, 9.17) is 0 Å². The lowest BCUT2D eigenvalue weighted by atomic mass is 10.1. The third-order valence-electron chi connectivity index (χ3n) is 2.86. The molecule has 0 aromatic heterocycles. The SMILES string of the molecule is Cc1c(Br)cccc1C(=O)NC1CC=CC1. The lowest BCUT2D eigenvalue weighted by Crippen LogP contribution is -2.33. The predicted octanol–water partition coefficient (Wildman–Crippen LogP) is 3.21. The Morgan fingerprint density at radius 1 is 1.38 bits per heavy atom. The fourth-order valence-electron chi connectivity index (χ4n) is 1.85. The van der Waals surface area contributed by atoms with Gasteiger partial charge in [0.15, 0.2) is 0 Å². The average Bonchev–Trinajstić information content (AvgIpc) is 2.74. The van der Waals surface area contributed by atoms with Crippen molar-refractivity contribution in [2.75, 3.05) is 0 Å². The van der Waals surface area contributed by atoms with E-state index < -0.39 is 0 Å². The van der Waals surface area contributed by atoms with Crippen LogP contribution in [0.15, 0.2) is 34.8 Å². The third-order valence-corrected chi connectivity index (χ3v) is 3.71. The van der Waals surface area contributed by atoms with Crippen molar-refractivity contribution in [3.63, 3.8) is 0 Å². The zero-order valence-electron chi connectivity index (χ0n) is 9.16. The standard InChI is InChI=1S/C13H14BrNO/c1-9-11(7-4-8-12(9)14)13(16)15-10-5-2-3-6-10/h2-4,7-8,10H,5-6H2,1H3,(H,15,16). The van der Waals surface area contributed by atoms with E-state index in [-0.39, 0.29) is 11.9 Å². The van der Waals surface area contributed by atoms with Gasteiger partial charge in [0.25, 0.3) is 5.91 Å². The Hall–Kier alpha value is -1.09. The molecule has 1 N–H and O–H groups in total. The molecule has 0 radical (unpaired) electrons. The second-order valence-corrected chi connectivity index (χ2v) is 4.88. The minimum absolute atomic E-state index is 0.0208. The second-order valence-electron chi connectivity index (χ2n) is 4.03. The Morgan fingerprint density at radius 3 is 2.75 bits per heavy atom. The molecule has 0 saturated carbocycles. The zero-order chi connectivity index (χ0) is 11.5. The highest BCUT2D eigenvalue weighted by molar-refractivity contribution is 9.10. The van der Waals surface area contributed by atoms with E-state index in [9.17, 15) is 4.79 Å². The van der Waals surface area contributed by atoms with Crippen molar-refractivity contribution in [2.45, 2.75) is 25.8 Å². The number of carbonyl (C=O) groups excluding carboxylic acids is 1. The van der Waals surface area contributed by atoms with Crippen molar-refractivity contribution >= 4 is 21.8 Å². The van der Waals surface area contributed by atoms with Gasteiger partial charge in [-0.15, -0.1) is 0 Å². The van der Waals surface area contributed by atoms with E-state index in [1.165, 1.54) is 0 Å². The highest BCUT2D eigenvalue weighted by atomic mass is 79.9. The molecule has 1 aliphatic rings. The van der Waals surface area contributed by atoms with Crippen LogP contribution >= 0.6 is 15.9 Å². The molecule has 0 saturated heterocycles. The van der Waals surface area contributed by atoms with Crippen LogP contribution in [0.2, 0.25) is 0 Å². The van der Waals surface area contributed by atoms with Gasteiger partial charge in [-0.05, 0) is 37.5 Å². The van der Waals surface area contributed by atoms with Crippen LogP contribution in [0.3, 0.4) is 0 Å². The summed E-state index contributed by atoms with van der Waals surface area (Å²) in [5, 5.41) is 3.04. The fourth-order valence-corrected chi connectivity index (χ4v) is 2.22. The Kier molecular flexibility index (Phi) is 3.44. The summed E-state index contributed by atoms with van der Waals surface area (Å²) in [4.78, 5) is 12.0. The van der Waals surface area contributed by atoms with E-state index in [0.29, 0.717) is 0 Å². The third kappa shape index (κ3) is 2.35. The summed E-state index contributed by atoms with van der Waals surface area (Å²) in [7, 11) is 0. The highest BCUT2D eigenvalue weighted by Gasteiger charge is 2.16. The smallest absolute Gasteiger partial charge is 0.251 e. The molecule has 0 aliphatic heterocycles. The van der Waals surface area contributed by atoms with Crippen molar-refractivity contribution < 1.29 is 4.79 Å². The van der Waals surface area contributed by atoms with Crippen molar-refractivity contribution in [2.24, 2.45) is 0 Å². The summed E-state index contributed by atoms with van der Waals surface area (Å²) in [5.41, 5.74) is 1.74. The summed E-state index contributed by atoms with van der Waals surface area (Å²) < 4.78 is 0.977. The van der Waals surface area contributed by atoms with Crippen molar-refractivity contribution in [3.05, 3.63) is 46.0 Å². The molecule has 3 heteroatoms. The van der Waals surface area contributed by atoms with Crippen LogP contribution in [0.1, 0.15) is 28.8 Å². The van der Waals surface area contributed by atoms with Gasteiger partial charge in [0.05, 0.1) is 0 Å². The van der Waals surface area contributed by atoms with Gasteiger partial charge in [-0.3, -0.25) is 4.79 Å². The van der Waals surface area contributed by atoms with E-state index in [2.05, 4.69) is 33.4 Å². The van der Waals surface area contributed by atoms with Crippen LogP contribution in [0.5, 0.6) is 0 Å². The van der Waals surface area contributed by atoms with Crippen molar-refractivity contribution in [1.29, 1.82) is 0 Å². The molecule has 0 unspecified atom stereocenters. The zero-order valence-corrected chi connectivity index (χ0v) is 10.8. The van der Waals surface area contributed by atoms with Crippen LogP contribution in [0.4, 0.5) is 0 Å². The number of amides is 1.